The topological polar surface area (TPSA) is 16.4 Å². The van der Waals surface area contributed by atoms with Crippen molar-refractivity contribution in [3.05, 3.63) is 186 Å². The van der Waals surface area contributed by atoms with Crippen molar-refractivity contribution in [3.63, 3.8) is 0 Å². The second-order valence-electron chi connectivity index (χ2n) is 15.4. The maximum Gasteiger partial charge on any atom is 0.140 e. The molecule has 250 valence electrons. The SMILES string of the molecule is CC1(C)c2ccccc2-c2ccc(N(c3ccc(-c4ccccc4)cc3)c3ccc(-c4cccc5c4-c4oc6ccccc6c4C5(C)C)cc3)cc21. The van der Waals surface area contributed by atoms with Gasteiger partial charge in [-0.3, -0.25) is 0 Å². The number of para-hydroxylation sites is 1. The molecule has 8 aromatic rings. The fourth-order valence-corrected chi connectivity index (χ4v) is 9.04. The van der Waals surface area contributed by atoms with Gasteiger partial charge in [0.15, 0.2) is 0 Å². The van der Waals surface area contributed by atoms with Gasteiger partial charge in [0.2, 0.25) is 0 Å². The van der Waals surface area contributed by atoms with E-state index >= 15 is 0 Å². The molecule has 0 radical (unpaired) electrons. The molecule has 2 aliphatic rings. The number of benzene rings is 7. The lowest BCUT2D eigenvalue weighted by molar-refractivity contribution is 0.619. The second-order valence-corrected chi connectivity index (χ2v) is 15.4. The molecule has 0 amide bonds. The van der Waals surface area contributed by atoms with E-state index in [4.69, 9.17) is 4.42 Å². The fourth-order valence-electron chi connectivity index (χ4n) is 9.04. The lowest BCUT2D eigenvalue weighted by atomic mass is 9.81. The number of rotatable bonds is 5. The third kappa shape index (κ3) is 4.43. The summed E-state index contributed by atoms with van der Waals surface area (Å²) in [6.45, 7) is 9.35. The summed E-state index contributed by atoms with van der Waals surface area (Å²) in [5.41, 5.74) is 18.1. The van der Waals surface area contributed by atoms with E-state index in [9.17, 15) is 0 Å². The van der Waals surface area contributed by atoms with Crippen LogP contribution < -0.4 is 4.90 Å². The average molecular weight is 670 g/mol. The van der Waals surface area contributed by atoms with Crippen molar-refractivity contribution >= 4 is 28.0 Å². The van der Waals surface area contributed by atoms with Crippen LogP contribution >= 0.6 is 0 Å². The molecular weight excluding hydrogens is 631 g/mol. The Morgan fingerprint density at radius 3 is 1.77 bits per heavy atom. The van der Waals surface area contributed by atoms with E-state index in [1.165, 1.54) is 66.6 Å². The maximum atomic E-state index is 6.62. The zero-order valence-electron chi connectivity index (χ0n) is 29.9. The third-order valence-corrected chi connectivity index (χ3v) is 11.7. The zero-order valence-corrected chi connectivity index (χ0v) is 29.9. The molecule has 7 aromatic carbocycles. The minimum Gasteiger partial charge on any atom is -0.456 e. The first-order valence-electron chi connectivity index (χ1n) is 18.3. The molecule has 0 saturated heterocycles. The van der Waals surface area contributed by atoms with Gasteiger partial charge in [0, 0.05) is 44.4 Å². The number of fused-ring (bicyclic) bond motifs is 8. The standard InChI is InChI=1S/C50H39NO/c1-49(2)42-18-10-8-15-39(42)40-30-29-37(31-44(40)49)51(35-25-21-33(22-26-35)32-13-6-5-7-14-32)36-27-23-34(24-28-36)38-17-12-19-43-46(38)48-47(50(43,3)4)41-16-9-11-20-45(41)52-48/h5-31H,1-4H3. The summed E-state index contributed by atoms with van der Waals surface area (Å²) in [6, 6.07) is 59.7. The van der Waals surface area contributed by atoms with Crippen LogP contribution in [0.25, 0.3) is 55.7 Å². The quantitative estimate of drug-likeness (QED) is 0.181. The van der Waals surface area contributed by atoms with Gasteiger partial charge < -0.3 is 9.32 Å². The molecule has 1 heterocycles. The molecule has 2 nitrogen and oxygen atoms in total. The molecule has 0 fully saturated rings. The third-order valence-electron chi connectivity index (χ3n) is 11.7. The predicted octanol–water partition coefficient (Wildman–Crippen LogP) is 13.8. The fraction of sp³-hybridized carbons (Fsp3) is 0.120. The van der Waals surface area contributed by atoms with Crippen molar-refractivity contribution in [3.8, 4) is 44.7 Å². The van der Waals surface area contributed by atoms with Gasteiger partial charge in [0.05, 0.1) is 0 Å². The highest BCUT2D eigenvalue weighted by atomic mass is 16.3. The monoisotopic (exact) mass is 669 g/mol. The summed E-state index contributed by atoms with van der Waals surface area (Å²) in [7, 11) is 0. The van der Waals surface area contributed by atoms with Gasteiger partial charge in [-0.05, 0) is 92.5 Å². The molecule has 0 aliphatic heterocycles. The normalized spacial score (nSPS) is 14.5. The molecular formula is C50H39NO. The summed E-state index contributed by atoms with van der Waals surface area (Å²) in [4.78, 5) is 2.40. The van der Waals surface area contributed by atoms with E-state index in [0.717, 1.165) is 28.4 Å². The Hall–Kier alpha value is -6.12. The minimum absolute atomic E-state index is 0.0917. The van der Waals surface area contributed by atoms with Crippen molar-refractivity contribution in [2.45, 2.75) is 38.5 Å². The van der Waals surface area contributed by atoms with Crippen LogP contribution in [-0.2, 0) is 10.8 Å². The van der Waals surface area contributed by atoms with E-state index < -0.39 is 0 Å². The number of furan rings is 1. The molecule has 10 rings (SSSR count). The van der Waals surface area contributed by atoms with Crippen LogP contribution in [0, 0.1) is 0 Å². The van der Waals surface area contributed by atoms with E-state index in [2.05, 4.69) is 196 Å². The predicted molar refractivity (Wildman–Crippen MR) is 217 cm³/mol. The Morgan fingerprint density at radius 2 is 1.00 bits per heavy atom. The highest BCUT2D eigenvalue weighted by Gasteiger charge is 2.41. The van der Waals surface area contributed by atoms with Crippen molar-refractivity contribution < 1.29 is 4.42 Å². The second kappa shape index (κ2) is 11.2. The Balaban J connectivity index is 1.09. The Kier molecular flexibility index (Phi) is 6.60. The van der Waals surface area contributed by atoms with Gasteiger partial charge in [-0.25, -0.2) is 0 Å². The average Bonchev–Trinajstić information content (AvgIpc) is 3.76. The van der Waals surface area contributed by atoms with E-state index in [0.29, 0.717) is 0 Å². The Labute approximate surface area is 305 Å². The maximum absolute atomic E-state index is 6.62. The van der Waals surface area contributed by atoms with Crippen molar-refractivity contribution in [2.24, 2.45) is 0 Å². The van der Waals surface area contributed by atoms with Crippen molar-refractivity contribution in [1.82, 2.24) is 0 Å². The number of hydrogen-bond acceptors (Lipinski definition) is 2. The zero-order chi connectivity index (χ0) is 35.2. The molecule has 0 unspecified atom stereocenters. The summed E-state index contributed by atoms with van der Waals surface area (Å²) >= 11 is 0. The van der Waals surface area contributed by atoms with Crippen LogP contribution in [0.2, 0.25) is 0 Å². The first-order valence-corrected chi connectivity index (χ1v) is 18.3. The highest BCUT2D eigenvalue weighted by Crippen LogP contribution is 2.56. The molecule has 2 heteroatoms. The lowest BCUT2D eigenvalue weighted by Gasteiger charge is -2.28. The number of anilines is 3. The van der Waals surface area contributed by atoms with Gasteiger partial charge in [-0.15, -0.1) is 0 Å². The van der Waals surface area contributed by atoms with E-state index in [1.54, 1.807) is 0 Å². The van der Waals surface area contributed by atoms with Gasteiger partial charge in [-0.2, -0.15) is 0 Å². The van der Waals surface area contributed by atoms with Gasteiger partial charge >= 0.3 is 0 Å². The minimum atomic E-state index is -0.156. The van der Waals surface area contributed by atoms with Crippen molar-refractivity contribution in [2.75, 3.05) is 4.90 Å². The molecule has 2 aliphatic carbocycles. The molecule has 0 N–H and O–H groups in total. The molecule has 0 atom stereocenters. The smallest absolute Gasteiger partial charge is 0.140 e. The molecule has 1 aromatic heterocycles. The number of hydrogen-bond donors (Lipinski definition) is 0. The van der Waals surface area contributed by atoms with Crippen LogP contribution in [-0.4, -0.2) is 0 Å². The van der Waals surface area contributed by atoms with Crippen LogP contribution in [0.4, 0.5) is 17.1 Å². The van der Waals surface area contributed by atoms with E-state index in [-0.39, 0.29) is 10.8 Å². The first kappa shape index (κ1) is 30.7. The summed E-state index contributed by atoms with van der Waals surface area (Å²) in [5, 5.41) is 1.20. The molecule has 0 saturated carbocycles. The molecule has 0 spiro atoms. The van der Waals surface area contributed by atoms with Gasteiger partial charge in [-0.1, -0.05) is 149 Å². The van der Waals surface area contributed by atoms with Crippen LogP contribution in [0.3, 0.4) is 0 Å². The largest absolute Gasteiger partial charge is 0.456 e. The Bertz CT molecular complexity index is 2660. The highest BCUT2D eigenvalue weighted by molar-refractivity contribution is 5.99. The summed E-state index contributed by atoms with van der Waals surface area (Å²) in [6.07, 6.45) is 0. The van der Waals surface area contributed by atoms with Gasteiger partial charge in [0.25, 0.3) is 0 Å². The van der Waals surface area contributed by atoms with Crippen LogP contribution in [0.5, 0.6) is 0 Å². The Morgan fingerprint density at radius 1 is 0.423 bits per heavy atom. The van der Waals surface area contributed by atoms with E-state index in [1.807, 2.05) is 0 Å². The molecule has 52 heavy (non-hydrogen) atoms. The molecule has 0 bridgehead atoms. The lowest BCUT2D eigenvalue weighted by Crippen LogP contribution is -2.16. The van der Waals surface area contributed by atoms with Crippen molar-refractivity contribution in [1.29, 1.82) is 0 Å². The van der Waals surface area contributed by atoms with Crippen LogP contribution in [0.15, 0.2) is 168 Å². The summed E-state index contributed by atoms with van der Waals surface area (Å²) < 4.78 is 6.62. The van der Waals surface area contributed by atoms with Gasteiger partial charge in [0.1, 0.15) is 11.3 Å². The number of nitrogens with zero attached hydrogens (tertiary/aromatic N) is 1. The van der Waals surface area contributed by atoms with Crippen LogP contribution in [0.1, 0.15) is 49.9 Å². The summed E-state index contributed by atoms with van der Waals surface area (Å²) in [5.74, 6) is 1.00. The first-order chi connectivity index (χ1) is 25.3.